The van der Waals surface area contributed by atoms with Crippen LogP contribution in [0.3, 0.4) is 0 Å². The van der Waals surface area contributed by atoms with Crippen molar-refractivity contribution in [2.24, 2.45) is 9.98 Å². The molecule has 204 valence electrons. The summed E-state index contributed by atoms with van der Waals surface area (Å²) in [5.74, 6) is 0.455. The number of amidine groups is 2. The maximum Gasteiger partial charge on any atom is 0.271 e. The lowest BCUT2D eigenvalue weighted by molar-refractivity contribution is -0.126. The maximum atomic E-state index is 13.0. The molecule has 0 saturated heterocycles. The van der Waals surface area contributed by atoms with Crippen molar-refractivity contribution in [3.63, 3.8) is 0 Å². The largest absolute Gasteiger partial charge is 0.497 e. The van der Waals surface area contributed by atoms with Gasteiger partial charge in [0.1, 0.15) is 23.4 Å². The van der Waals surface area contributed by atoms with Crippen molar-refractivity contribution in [3.8, 4) is 11.5 Å². The van der Waals surface area contributed by atoms with Gasteiger partial charge in [-0.3, -0.25) is 19.3 Å². The Morgan fingerprint density at radius 3 is 2.50 bits per heavy atom. The Bertz CT molecular complexity index is 1510. The maximum absolute atomic E-state index is 13.0. The molecule has 1 atom stereocenters. The van der Waals surface area contributed by atoms with Gasteiger partial charge >= 0.3 is 0 Å². The van der Waals surface area contributed by atoms with E-state index in [2.05, 4.69) is 15.6 Å². The SMILES string of the molecule is COc1ccc(OC)c(NC(=O)CSC2=Nc3ccccc3C3=NC(=O)C(CC(=O)NCc4ccccc4)N23)c1. The second-order valence-electron chi connectivity index (χ2n) is 8.94. The number of aliphatic imine (C=N–C) groups is 2. The molecule has 0 aliphatic carbocycles. The number of anilines is 1. The molecule has 2 aliphatic heterocycles. The monoisotopic (exact) mass is 557 g/mol. The fourth-order valence-electron chi connectivity index (χ4n) is 4.37. The molecule has 0 bridgehead atoms. The molecule has 0 spiro atoms. The summed E-state index contributed by atoms with van der Waals surface area (Å²) in [4.78, 5) is 49.5. The van der Waals surface area contributed by atoms with E-state index in [1.54, 1.807) is 23.1 Å². The molecule has 2 heterocycles. The van der Waals surface area contributed by atoms with E-state index >= 15 is 0 Å². The Morgan fingerprint density at radius 1 is 0.950 bits per heavy atom. The Morgan fingerprint density at radius 2 is 1.73 bits per heavy atom. The number of amides is 3. The van der Waals surface area contributed by atoms with Crippen LogP contribution in [-0.2, 0) is 20.9 Å². The highest BCUT2D eigenvalue weighted by molar-refractivity contribution is 8.14. The number of thioether (sulfide) groups is 1. The van der Waals surface area contributed by atoms with Crippen molar-refractivity contribution in [2.45, 2.75) is 19.0 Å². The lowest BCUT2D eigenvalue weighted by Gasteiger charge is -2.30. The van der Waals surface area contributed by atoms with E-state index in [0.717, 1.165) is 17.3 Å². The number of rotatable bonds is 9. The van der Waals surface area contributed by atoms with Crippen molar-refractivity contribution in [2.75, 3.05) is 25.3 Å². The first kappa shape index (κ1) is 26.9. The van der Waals surface area contributed by atoms with E-state index in [1.807, 2.05) is 54.6 Å². The zero-order valence-corrected chi connectivity index (χ0v) is 22.7. The molecule has 0 aromatic heterocycles. The van der Waals surface area contributed by atoms with Crippen LogP contribution in [0.15, 0.2) is 82.8 Å². The normalized spacial score (nSPS) is 15.4. The number of carbonyl (C=O) groups is 3. The van der Waals surface area contributed by atoms with Crippen LogP contribution < -0.4 is 20.1 Å². The minimum atomic E-state index is -0.869. The molecule has 2 aliphatic rings. The number of benzene rings is 3. The number of nitrogens with zero attached hydrogens (tertiary/aromatic N) is 3. The van der Waals surface area contributed by atoms with Crippen molar-refractivity contribution in [1.29, 1.82) is 0 Å². The van der Waals surface area contributed by atoms with E-state index < -0.39 is 11.9 Å². The molecule has 40 heavy (non-hydrogen) atoms. The summed E-state index contributed by atoms with van der Waals surface area (Å²) in [6, 6.07) is 21.1. The molecular weight excluding hydrogens is 530 g/mol. The van der Waals surface area contributed by atoms with Gasteiger partial charge in [-0.25, -0.2) is 4.99 Å². The van der Waals surface area contributed by atoms with Crippen LogP contribution in [0.2, 0.25) is 0 Å². The van der Waals surface area contributed by atoms with Crippen molar-refractivity contribution < 1.29 is 23.9 Å². The summed E-state index contributed by atoms with van der Waals surface area (Å²) in [7, 11) is 3.05. The van der Waals surface area contributed by atoms with Gasteiger partial charge in [0.25, 0.3) is 5.91 Å². The van der Waals surface area contributed by atoms with Gasteiger partial charge in [-0.15, -0.1) is 0 Å². The highest BCUT2D eigenvalue weighted by atomic mass is 32.2. The number of hydrogen-bond acceptors (Lipinski definition) is 8. The smallest absolute Gasteiger partial charge is 0.271 e. The number of fused-ring (bicyclic) bond motifs is 3. The number of carbonyl (C=O) groups excluding carboxylic acids is 3. The fourth-order valence-corrected chi connectivity index (χ4v) is 5.22. The van der Waals surface area contributed by atoms with E-state index in [1.165, 1.54) is 14.2 Å². The minimum absolute atomic E-state index is 0.00768. The highest BCUT2D eigenvalue weighted by Crippen LogP contribution is 2.35. The van der Waals surface area contributed by atoms with Crippen LogP contribution in [0.1, 0.15) is 17.5 Å². The molecule has 3 aromatic rings. The van der Waals surface area contributed by atoms with Crippen molar-refractivity contribution >= 4 is 51.9 Å². The highest BCUT2D eigenvalue weighted by Gasteiger charge is 2.42. The lowest BCUT2D eigenvalue weighted by Crippen LogP contribution is -2.46. The van der Waals surface area contributed by atoms with Crippen molar-refractivity contribution in [1.82, 2.24) is 10.2 Å². The third-order valence-electron chi connectivity index (χ3n) is 6.33. The second-order valence-corrected chi connectivity index (χ2v) is 9.88. The Kier molecular flexibility index (Phi) is 8.11. The molecule has 1 unspecified atom stereocenters. The molecular formula is C29H27N5O5S. The van der Waals surface area contributed by atoms with Crippen LogP contribution in [0.5, 0.6) is 11.5 Å². The third kappa shape index (κ3) is 5.84. The average Bonchev–Trinajstić information content (AvgIpc) is 3.31. The topological polar surface area (TPSA) is 122 Å². The van der Waals surface area contributed by atoms with Crippen molar-refractivity contribution in [3.05, 3.63) is 83.9 Å². The predicted molar refractivity (Wildman–Crippen MR) is 154 cm³/mol. The first-order valence-corrected chi connectivity index (χ1v) is 13.5. The Labute approximate surface area is 235 Å². The minimum Gasteiger partial charge on any atom is -0.497 e. The first-order chi connectivity index (χ1) is 19.5. The predicted octanol–water partition coefficient (Wildman–Crippen LogP) is 3.74. The van der Waals surface area contributed by atoms with E-state index in [9.17, 15) is 14.4 Å². The third-order valence-corrected chi connectivity index (χ3v) is 7.29. The van der Waals surface area contributed by atoms with Crippen LogP contribution in [-0.4, -0.2) is 59.6 Å². The second kappa shape index (κ2) is 12.0. The molecule has 0 saturated carbocycles. The summed E-state index contributed by atoms with van der Waals surface area (Å²) >= 11 is 1.16. The molecule has 0 radical (unpaired) electrons. The Hall–Kier alpha value is -4.64. The molecule has 11 heteroatoms. The number of nitrogens with one attached hydrogen (secondary N) is 2. The van der Waals surface area contributed by atoms with E-state index in [4.69, 9.17) is 14.5 Å². The van der Waals surface area contributed by atoms with Crippen LogP contribution >= 0.6 is 11.8 Å². The standard InChI is InChI=1S/C29H27N5O5S/c1-38-19-12-13-24(39-2)22(14-19)31-26(36)17-40-29-32-21-11-7-6-10-20(21)27-33-28(37)23(34(27)29)15-25(35)30-16-18-8-4-3-5-9-18/h3-14,23H,15-17H2,1-2H3,(H,30,35)(H,31,36). The van der Waals surface area contributed by atoms with Gasteiger partial charge in [-0.2, -0.15) is 4.99 Å². The average molecular weight is 558 g/mol. The fraction of sp³-hybridized carbons (Fsp3) is 0.207. The molecule has 3 amide bonds. The van der Waals surface area contributed by atoms with Gasteiger partial charge in [0.15, 0.2) is 5.17 Å². The van der Waals surface area contributed by atoms with Gasteiger partial charge in [0, 0.05) is 18.2 Å². The van der Waals surface area contributed by atoms with Gasteiger partial charge in [-0.05, 0) is 29.8 Å². The van der Waals surface area contributed by atoms with E-state index in [-0.39, 0.29) is 24.0 Å². The lowest BCUT2D eigenvalue weighted by atomic mass is 10.1. The first-order valence-electron chi connectivity index (χ1n) is 12.5. The van der Waals surface area contributed by atoms with Crippen LogP contribution in [0.4, 0.5) is 11.4 Å². The van der Waals surface area contributed by atoms with Gasteiger partial charge in [0.05, 0.1) is 37.8 Å². The van der Waals surface area contributed by atoms with Crippen LogP contribution in [0, 0.1) is 0 Å². The molecule has 0 fully saturated rings. The molecule has 2 N–H and O–H groups in total. The summed E-state index contributed by atoms with van der Waals surface area (Å²) in [6.45, 7) is 0.348. The quantitative estimate of drug-likeness (QED) is 0.411. The summed E-state index contributed by atoms with van der Waals surface area (Å²) in [5, 5.41) is 6.13. The van der Waals surface area contributed by atoms with E-state index in [0.29, 0.717) is 46.0 Å². The zero-order chi connectivity index (χ0) is 28.1. The number of hydrogen-bond donors (Lipinski definition) is 2. The van der Waals surface area contributed by atoms with Gasteiger partial charge in [-0.1, -0.05) is 54.2 Å². The number of methoxy groups -OCH3 is 2. The molecule has 5 rings (SSSR count). The van der Waals surface area contributed by atoms with Gasteiger partial charge < -0.3 is 20.1 Å². The summed E-state index contributed by atoms with van der Waals surface area (Å²) in [5.41, 5.74) is 2.75. The number of ether oxygens (including phenoxy) is 2. The summed E-state index contributed by atoms with van der Waals surface area (Å²) < 4.78 is 10.6. The van der Waals surface area contributed by atoms with Gasteiger partial charge in [0.2, 0.25) is 11.8 Å². The zero-order valence-electron chi connectivity index (χ0n) is 21.9. The number of para-hydroxylation sites is 1. The Balaban J connectivity index is 1.32. The van der Waals surface area contributed by atoms with Crippen LogP contribution in [0.25, 0.3) is 0 Å². The molecule has 10 nitrogen and oxygen atoms in total. The summed E-state index contributed by atoms with van der Waals surface area (Å²) in [6.07, 6.45) is -0.104. The molecule has 3 aromatic carbocycles.